The third-order valence-electron chi connectivity index (χ3n) is 18.7. The van der Waals surface area contributed by atoms with E-state index in [0.717, 1.165) is 96.1 Å². The normalized spacial score (nSPS) is 13.2. The number of fused-ring (bicyclic) bond motifs is 3. The molecule has 0 spiro atoms. The molecule has 17 aromatic rings. The van der Waals surface area contributed by atoms with E-state index in [9.17, 15) is 0 Å². The number of pyridine rings is 6. The van der Waals surface area contributed by atoms with Crippen molar-refractivity contribution in [1.29, 1.82) is 0 Å². The summed E-state index contributed by atoms with van der Waals surface area (Å²) >= 11 is 1.82. The molecule has 0 saturated heterocycles. The molecule has 0 amide bonds. The van der Waals surface area contributed by atoms with Crippen molar-refractivity contribution in [3.05, 3.63) is 393 Å². The van der Waals surface area contributed by atoms with Gasteiger partial charge in [-0.1, -0.05) is 239 Å². The first kappa shape index (κ1) is 70.9. The summed E-state index contributed by atoms with van der Waals surface area (Å²) in [5.41, 5.74) is 19.8. The van der Waals surface area contributed by atoms with Crippen molar-refractivity contribution >= 4 is 71.3 Å². The van der Waals surface area contributed by atoms with Crippen LogP contribution in [0.1, 0.15) is 52.5 Å². The van der Waals surface area contributed by atoms with E-state index >= 15 is 0 Å². The molecular formula is C105H98Ir3N6SSi3-6. The Balaban J connectivity index is 0.000000186. The number of benzene rings is 10. The van der Waals surface area contributed by atoms with Crippen molar-refractivity contribution in [1.82, 2.24) is 29.9 Å². The predicted octanol–water partition coefficient (Wildman–Crippen LogP) is 26.1. The number of nitrogens with zero attached hydrogens (tertiary/aromatic N) is 6. The van der Waals surface area contributed by atoms with Crippen molar-refractivity contribution in [2.75, 3.05) is 0 Å². The Labute approximate surface area is 770 Å². The van der Waals surface area contributed by atoms with Crippen LogP contribution in [0, 0.1) is 56.2 Å². The average Bonchev–Trinajstić information content (AvgIpc) is 1.19. The molecule has 3 radical (unpaired) electrons. The molecule has 0 saturated carbocycles. The Hall–Kier alpha value is -10.1. The van der Waals surface area contributed by atoms with E-state index in [0.29, 0.717) is 27.5 Å². The van der Waals surface area contributed by atoms with Gasteiger partial charge in [0.05, 0.1) is 24.2 Å². The molecule has 0 fully saturated rings. The monoisotopic (exact) mass is 2150 g/mol. The Morgan fingerprint density at radius 3 is 1.15 bits per heavy atom. The fraction of sp³-hybridized carbons (Fsp3) is 0.143. The van der Waals surface area contributed by atoms with Gasteiger partial charge in [0.25, 0.3) is 0 Å². The topological polar surface area (TPSA) is 77.3 Å². The zero-order valence-corrected chi connectivity index (χ0v) is 77.9. The van der Waals surface area contributed by atoms with Gasteiger partial charge in [-0.15, -0.1) is 203 Å². The fourth-order valence-corrected chi connectivity index (χ4v) is 16.5. The van der Waals surface area contributed by atoms with Crippen LogP contribution in [-0.4, -0.2) is 54.1 Å². The Bertz CT molecular complexity index is 6480. The SMILES string of the molecule is Cc1cc(-c2[c-]cc3sc4ccccc4c3c2)ncc1-c1ccc([Si](C)(C)C)cc1.[2H]C([2H])([2H])[Si](C)(c1ccc(-c2cnc(-c3[c-]cccc3)cc2C)cc1)C([2H])([2H])[2H].[2H]C([2H])([2H])[Si](C)(c1ccc(-c2cnc(-c3[c-]cccc3)cc2CC(C)C)cc1)C([2H])([2H])[2H].[2H]c1[c-]c(-c2ccccn2)c([2H])c([2H])c1[2H].[Ir].[Ir].[Ir].[c-]1ccccc1-c1ccccn1.[c-]1ccccc1-c1ccccn1. The molecule has 599 valence electrons. The van der Waals surface area contributed by atoms with Gasteiger partial charge in [-0.25, -0.2) is 0 Å². The Morgan fingerprint density at radius 2 is 0.746 bits per heavy atom. The molecule has 0 bridgehead atoms. The van der Waals surface area contributed by atoms with Crippen molar-refractivity contribution < 1.29 is 82.2 Å². The van der Waals surface area contributed by atoms with Crippen molar-refractivity contribution in [2.24, 2.45) is 5.92 Å². The van der Waals surface area contributed by atoms with Crippen molar-refractivity contribution in [3.8, 4) is 101 Å². The standard InChI is InChI=1S/C27H24NSSi.C24H28NSi.C21H22NSi.3C11H8N.3Ir/c1-18-15-25(28-17-24(18)19-9-12-21(13-10-19)30(2,3)4)20-11-14-27-23(16-20)22-7-5-6-8-26(22)29-27;1-18(2)15-21-16-24(20-9-7-6-8-10-20)25-17-23(21)19-11-13-22(14-12-19)26(3,4)5;1-16-14-21(18-8-6-5-7-9-18)22-15-20(16)17-10-12-19(13-11-17)23(2,3)4;3*1-2-6-10(7-3-1)11-8-4-5-9-12-11;;;/h5-10,12-17H,1-4H3;6-9,11-14,16-18H,15H2,1-5H3;5-8,10-15H,1-4H3;3*1-6,8-9H;;;/q6*-1;;;/i;3D3,4D3;2D3,3D3;1D,2D,3D,6D;;;;;. The predicted molar refractivity (Wildman–Crippen MR) is 497 cm³/mol. The van der Waals surface area contributed by atoms with Crippen molar-refractivity contribution in [2.45, 2.75) is 92.8 Å². The van der Waals surface area contributed by atoms with Gasteiger partial charge in [-0.2, -0.15) is 11.3 Å². The minimum atomic E-state index is -3.77. The summed E-state index contributed by atoms with van der Waals surface area (Å²) in [4.78, 5) is 26.5. The second-order valence-electron chi connectivity index (χ2n) is 29.3. The van der Waals surface area contributed by atoms with Crippen LogP contribution in [0.3, 0.4) is 0 Å². The van der Waals surface area contributed by atoms with Crippen LogP contribution in [-0.2, 0) is 66.7 Å². The van der Waals surface area contributed by atoms with Crippen LogP contribution in [0.5, 0.6) is 0 Å². The van der Waals surface area contributed by atoms with Crippen molar-refractivity contribution in [3.63, 3.8) is 0 Å². The zero-order valence-electron chi connectivity index (χ0n) is 82.9. The number of hydrogen-bond donors (Lipinski definition) is 0. The fourth-order valence-electron chi connectivity index (χ4n) is 12.6. The Morgan fingerprint density at radius 1 is 0.356 bits per heavy atom. The van der Waals surface area contributed by atoms with Crippen LogP contribution in [0.2, 0.25) is 58.6 Å². The number of aryl methyl sites for hydroxylation is 2. The molecule has 118 heavy (non-hydrogen) atoms. The molecule has 0 aliphatic heterocycles. The first-order valence-corrected chi connectivity index (χ1v) is 47.3. The minimum Gasteiger partial charge on any atom is -0.305 e. The van der Waals surface area contributed by atoms with Crippen LogP contribution in [0.25, 0.3) is 121 Å². The minimum absolute atomic E-state index is 0. The molecule has 0 atom stereocenters. The summed E-state index contributed by atoms with van der Waals surface area (Å²) in [6.07, 6.45) is 11.6. The van der Waals surface area contributed by atoms with Gasteiger partial charge >= 0.3 is 0 Å². The molecule has 17 rings (SSSR count). The maximum atomic E-state index is 7.94. The second kappa shape index (κ2) is 44.1. The van der Waals surface area contributed by atoms with E-state index in [1.807, 2.05) is 182 Å². The van der Waals surface area contributed by atoms with Crippen LogP contribution < -0.4 is 15.6 Å². The summed E-state index contributed by atoms with van der Waals surface area (Å²) in [5, 5.41) is 4.90. The first-order valence-electron chi connectivity index (χ1n) is 45.9. The summed E-state index contributed by atoms with van der Waals surface area (Å²) in [7, 11) is -8.78. The van der Waals surface area contributed by atoms with E-state index in [1.54, 1.807) is 79.4 Å². The summed E-state index contributed by atoms with van der Waals surface area (Å²) in [6.45, 7) is 8.36. The van der Waals surface area contributed by atoms with Crippen LogP contribution >= 0.6 is 11.3 Å². The van der Waals surface area contributed by atoms with Gasteiger partial charge in [0.1, 0.15) is 0 Å². The van der Waals surface area contributed by atoms with Gasteiger partial charge in [0, 0.05) is 138 Å². The summed E-state index contributed by atoms with van der Waals surface area (Å²) in [5.74, 6) is 0.435. The zero-order chi connectivity index (χ0) is 94.2. The molecule has 0 N–H and O–H groups in total. The number of rotatable bonds is 14. The molecule has 0 aliphatic carbocycles. The first-order chi connectivity index (χ1) is 62.2. The van der Waals surface area contributed by atoms with E-state index in [4.69, 9.17) is 26.9 Å². The number of thiophene rings is 1. The van der Waals surface area contributed by atoms with Crippen LogP contribution in [0.4, 0.5) is 0 Å². The smallest absolute Gasteiger partial charge is 0.0775 e. The van der Waals surface area contributed by atoms with Gasteiger partial charge < -0.3 is 29.9 Å². The summed E-state index contributed by atoms with van der Waals surface area (Å²) < 4.78 is 127. The number of hydrogen-bond acceptors (Lipinski definition) is 7. The molecule has 7 aromatic heterocycles. The molecule has 6 nitrogen and oxygen atoms in total. The second-order valence-corrected chi connectivity index (χ2v) is 41.1. The Kier molecular flexibility index (Phi) is 26.5. The van der Waals surface area contributed by atoms with Gasteiger partial charge in [-0.3, -0.25) is 0 Å². The average molecular weight is 2150 g/mol. The summed E-state index contributed by atoms with van der Waals surface area (Å²) in [6, 6.07) is 108. The molecule has 7 heterocycles. The molecule has 0 aliphatic rings. The quantitative estimate of drug-likeness (QED) is 0.0797. The molecular weight excluding hydrogens is 2040 g/mol. The van der Waals surface area contributed by atoms with Crippen LogP contribution in [0.15, 0.2) is 340 Å². The third kappa shape index (κ3) is 25.7. The maximum absolute atomic E-state index is 7.94. The van der Waals surface area contributed by atoms with E-state index in [-0.39, 0.29) is 84.5 Å². The number of aromatic nitrogens is 6. The third-order valence-corrected chi connectivity index (χ3v) is 24.9. The van der Waals surface area contributed by atoms with Gasteiger partial charge in [0.15, 0.2) is 0 Å². The largest absolute Gasteiger partial charge is 0.305 e. The molecule has 10 aromatic carbocycles. The maximum Gasteiger partial charge on any atom is 0.0775 e. The molecule has 0 unspecified atom stereocenters. The van der Waals surface area contributed by atoms with E-state index in [1.165, 1.54) is 55.1 Å². The van der Waals surface area contributed by atoms with Gasteiger partial charge in [0.2, 0.25) is 0 Å². The van der Waals surface area contributed by atoms with E-state index in [2.05, 4.69) is 175 Å². The van der Waals surface area contributed by atoms with Gasteiger partial charge in [-0.05, 0) is 131 Å². The molecule has 13 heteroatoms. The van der Waals surface area contributed by atoms with E-state index < -0.39 is 50.1 Å².